The normalized spacial score (nSPS) is 11.3. The lowest BCUT2D eigenvalue weighted by Crippen LogP contribution is -2.40. The Hall–Kier alpha value is -3.41. The first-order valence-electron chi connectivity index (χ1n) is 8.92. The van der Waals surface area contributed by atoms with E-state index < -0.39 is 5.91 Å². The van der Waals surface area contributed by atoms with Crippen molar-refractivity contribution < 1.29 is 14.0 Å². The van der Waals surface area contributed by atoms with Crippen molar-refractivity contribution in [1.82, 2.24) is 5.32 Å². The van der Waals surface area contributed by atoms with Gasteiger partial charge in [-0.2, -0.15) is 0 Å². The van der Waals surface area contributed by atoms with Crippen molar-refractivity contribution in [2.24, 2.45) is 0 Å². The molecule has 28 heavy (non-hydrogen) atoms. The standard InChI is InChI=1S/C22H22N2O4/c1-13-14(20(26)24-22(2,3)4)9-7-10-16(13)23-21(27)19-12-17(25)15-8-5-6-11-18(15)28-19/h5-12H,1-4H3,(H,23,27)(H,24,26). The maximum Gasteiger partial charge on any atom is 0.291 e. The van der Waals surface area contributed by atoms with Gasteiger partial charge in [-0.05, 0) is 57.5 Å². The number of carbonyl (C=O) groups is 2. The number of amides is 2. The van der Waals surface area contributed by atoms with Crippen LogP contribution in [-0.2, 0) is 0 Å². The number of rotatable bonds is 3. The second-order valence-electron chi connectivity index (χ2n) is 7.61. The third-order valence-electron chi connectivity index (χ3n) is 4.17. The molecule has 144 valence electrons. The van der Waals surface area contributed by atoms with Crippen LogP contribution >= 0.6 is 0 Å². The smallest absolute Gasteiger partial charge is 0.291 e. The summed E-state index contributed by atoms with van der Waals surface area (Å²) in [4.78, 5) is 37.3. The van der Waals surface area contributed by atoms with E-state index in [0.29, 0.717) is 27.8 Å². The van der Waals surface area contributed by atoms with Gasteiger partial charge >= 0.3 is 0 Å². The van der Waals surface area contributed by atoms with Gasteiger partial charge in [0.05, 0.1) is 5.39 Å². The number of carbonyl (C=O) groups excluding carboxylic acids is 2. The van der Waals surface area contributed by atoms with E-state index in [4.69, 9.17) is 4.42 Å². The van der Waals surface area contributed by atoms with E-state index in [1.54, 1.807) is 49.4 Å². The highest BCUT2D eigenvalue weighted by Crippen LogP contribution is 2.21. The Labute approximate surface area is 162 Å². The second kappa shape index (κ2) is 7.31. The van der Waals surface area contributed by atoms with Gasteiger partial charge in [-0.3, -0.25) is 14.4 Å². The van der Waals surface area contributed by atoms with Crippen molar-refractivity contribution in [2.75, 3.05) is 5.32 Å². The molecule has 0 unspecified atom stereocenters. The maximum atomic E-state index is 12.6. The molecule has 3 aromatic rings. The Morgan fingerprint density at radius 2 is 1.68 bits per heavy atom. The van der Waals surface area contributed by atoms with Gasteiger partial charge < -0.3 is 15.1 Å². The highest BCUT2D eigenvalue weighted by Gasteiger charge is 2.19. The van der Waals surface area contributed by atoms with E-state index >= 15 is 0 Å². The Morgan fingerprint density at radius 1 is 0.964 bits per heavy atom. The lowest BCUT2D eigenvalue weighted by atomic mass is 10.0. The molecule has 0 bridgehead atoms. The summed E-state index contributed by atoms with van der Waals surface area (Å²) in [7, 11) is 0. The lowest BCUT2D eigenvalue weighted by Gasteiger charge is -2.21. The van der Waals surface area contributed by atoms with Gasteiger partial charge in [0, 0.05) is 22.9 Å². The number of para-hydroxylation sites is 1. The first-order valence-corrected chi connectivity index (χ1v) is 8.92. The predicted molar refractivity (Wildman–Crippen MR) is 109 cm³/mol. The molecule has 0 radical (unpaired) electrons. The van der Waals surface area contributed by atoms with Crippen molar-refractivity contribution >= 4 is 28.5 Å². The highest BCUT2D eigenvalue weighted by molar-refractivity contribution is 6.05. The fraction of sp³-hybridized carbons (Fsp3) is 0.227. The van der Waals surface area contributed by atoms with E-state index in [1.165, 1.54) is 6.07 Å². The summed E-state index contributed by atoms with van der Waals surface area (Å²) in [6, 6.07) is 13.0. The fourth-order valence-electron chi connectivity index (χ4n) is 2.82. The largest absolute Gasteiger partial charge is 0.451 e. The zero-order chi connectivity index (χ0) is 20.5. The first-order chi connectivity index (χ1) is 13.2. The molecule has 2 N–H and O–H groups in total. The van der Waals surface area contributed by atoms with Gasteiger partial charge in [-0.1, -0.05) is 18.2 Å². The summed E-state index contributed by atoms with van der Waals surface area (Å²) in [5.74, 6) is -0.870. The fourth-order valence-corrected chi connectivity index (χ4v) is 2.82. The summed E-state index contributed by atoms with van der Waals surface area (Å²) in [5, 5.41) is 6.04. The molecule has 6 heteroatoms. The quantitative estimate of drug-likeness (QED) is 0.724. The third-order valence-corrected chi connectivity index (χ3v) is 4.17. The molecule has 0 saturated carbocycles. The van der Waals surface area contributed by atoms with Crippen LogP contribution in [0.4, 0.5) is 5.69 Å². The van der Waals surface area contributed by atoms with Crippen molar-refractivity contribution in [3.63, 3.8) is 0 Å². The van der Waals surface area contributed by atoms with Crippen LogP contribution in [0.25, 0.3) is 11.0 Å². The van der Waals surface area contributed by atoms with Crippen molar-refractivity contribution in [2.45, 2.75) is 33.2 Å². The summed E-state index contributed by atoms with van der Waals surface area (Å²) in [6.45, 7) is 7.44. The molecule has 0 fully saturated rings. The molecule has 3 rings (SSSR count). The van der Waals surface area contributed by atoms with Crippen molar-refractivity contribution in [3.8, 4) is 0 Å². The van der Waals surface area contributed by atoms with Gasteiger partial charge in [-0.15, -0.1) is 0 Å². The molecule has 0 aliphatic rings. The third kappa shape index (κ3) is 4.11. The summed E-state index contributed by atoms with van der Waals surface area (Å²) < 4.78 is 5.57. The molecule has 0 atom stereocenters. The Bertz CT molecular complexity index is 1120. The van der Waals surface area contributed by atoms with Gasteiger partial charge in [0.15, 0.2) is 11.2 Å². The molecule has 2 amide bonds. The number of anilines is 1. The molecule has 0 spiro atoms. The molecule has 6 nitrogen and oxygen atoms in total. The predicted octanol–water partition coefficient (Wildman–Crippen LogP) is 3.88. The van der Waals surface area contributed by atoms with Gasteiger partial charge in [0.1, 0.15) is 5.58 Å². The van der Waals surface area contributed by atoms with Crippen LogP contribution in [0.1, 0.15) is 47.2 Å². The van der Waals surface area contributed by atoms with Crippen LogP contribution in [0.3, 0.4) is 0 Å². The van der Waals surface area contributed by atoms with E-state index in [0.717, 1.165) is 0 Å². The van der Waals surface area contributed by atoms with Gasteiger partial charge in [0.2, 0.25) is 0 Å². The average molecular weight is 378 g/mol. The average Bonchev–Trinajstić information content (AvgIpc) is 2.62. The Balaban J connectivity index is 1.90. The highest BCUT2D eigenvalue weighted by atomic mass is 16.3. The van der Waals surface area contributed by atoms with Crippen LogP contribution in [0.15, 0.2) is 57.7 Å². The van der Waals surface area contributed by atoms with Crippen LogP contribution < -0.4 is 16.1 Å². The monoisotopic (exact) mass is 378 g/mol. The summed E-state index contributed by atoms with van der Waals surface area (Å²) in [5.41, 5.74) is 1.24. The second-order valence-corrected chi connectivity index (χ2v) is 7.61. The van der Waals surface area contributed by atoms with Gasteiger partial charge in [0.25, 0.3) is 11.8 Å². The van der Waals surface area contributed by atoms with Crippen LogP contribution in [0, 0.1) is 6.92 Å². The van der Waals surface area contributed by atoms with Crippen molar-refractivity contribution in [3.05, 3.63) is 75.6 Å². The molecule has 1 heterocycles. The van der Waals surface area contributed by atoms with Gasteiger partial charge in [-0.25, -0.2) is 0 Å². The first kappa shape index (κ1) is 19.4. The SMILES string of the molecule is Cc1c(NC(=O)c2cc(=O)c3ccccc3o2)cccc1C(=O)NC(C)(C)C. The van der Waals surface area contributed by atoms with Crippen LogP contribution in [-0.4, -0.2) is 17.4 Å². The Morgan fingerprint density at radius 3 is 2.39 bits per heavy atom. The molecule has 2 aromatic carbocycles. The number of nitrogens with one attached hydrogen (secondary N) is 2. The minimum absolute atomic E-state index is 0.0901. The molecular weight excluding hydrogens is 356 g/mol. The number of benzene rings is 2. The van der Waals surface area contributed by atoms with Crippen molar-refractivity contribution in [1.29, 1.82) is 0 Å². The molecular formula is C22H22N2O4. The molecule has 1 aromatic heterocycles. The minimum Gasteiger partial charge on any atom is -0.451 e. The van der Waals surface area contributed by atoms with Crippen LogP contribution in [0.2, 0.25) is 0 Å². The maximum absolute atomic E-state index is 12.6. The number of hydrogen-bond donors (Lipinski definition) is 2. The topological polar surface area (TPSA) is 88.4 Å². The summed E-state index contributed by atoms with van der Waals surface area (Å²) in [6.07, 6.45) is 0. The molecule has 0 aliphatic heterocycles. The molecule has 0 saturated heterocycles. The van der Waals surface area contributed by atoms with E-state index in [9.17, 15) is 14.4 Å². The zero-order valence-corrected chi connectivity index (χ0v) is 16.3. The van der Waals surface area contributed by atoms with E-state index in [2.05, 4.69) is 10.6 Å². The molecule has 0 aliphatic carbocycles. The summed E-state index contributed by atoms with van der Waals surface area (Å²) >= 11 is 0. The van der Waals surface area contributed by atoms with Crippen LogP contribution in [0.5, 0.6) is 0 Å². The Kier molecular flexibility index (Phi) is 5.05. The van der Waals surface area contributed by atoms with E-state index in [1.807, 2.05) is 20.8 Å². The lowest BCUT2D eigenvalue weighted by molar-refractivity contribution is 0.0917. The number of fused-ring (bicyclic) bond motifs is 1. The zero-order valence-electron chi connectivity index (χ0n) is 16.3. The minimum atomic E-state index is -0.556. The number of hydrogen-bond acceptors (Lipinski definition) is 4. The van der Waals surface area contributed by atoms with E-state index in [-0.39, 0.29) is 22.6 Å².